The number of carbonyl (C=O) groups excluding carboxylic acids is 1. The highest BCUT2D eigenvalue weighted by Crippen LogP contribution is 2.53. The predicted molar refractivity (Wildman–Crippen MR) is 113 cm³/mol. The van der Waals surface area contributed by atoms with Gasteiger partial charge in [-0.05, 0) is 67.2 Å². The average molecular weight is 394 g/mol. The third-order valence-electron chi connectivity index (χ3n) is 7.16. The second kappa shape index (κ2) is 7.47. The van der Waals surface area contributed by atoms with E-state index in [1.54, 1.807) is 11.3 Å². The maximum Gasteiger partial charge on any atom is 0.309 e. The van der Waals surface area contributed by atoms with Crippen LogP contribution in [0.2, 0.25) is 0 Å². The number of esters is 1. The number of rotatable bonds is 3. The van der Waals surface area contributed by atoms with E-state index in [0.29, 0.717) is 23.7 Å². The first-order chi connectivity index (χ1) is 13.7. The van der Waals surface area contributed by atoms with Crippen molar-refractivity contribution < 1.29 is 9.53 Å². The summed E-state index contributed by atoms with van der Waals surface area (Å²) < 4.78 is 5.67. The first kappa shape index (κ1) is 18.1. The fraction of sp³-hybridized carbons (Fsp3) is 0.500. The zero-order valence-electron chi connectivity index (χ0n) is 16.3. The lowest BCUT2D eigenvalue weighted by Crippen LogP contribution is -2.42. The molecule has 2 aliphatic carbocycles. The summed E-state index contributed by atoms with van der Waals surface area (Å²) in [5, 5.41) is 2.09. The number of aromatic nitrogens is 1. The predicted octanol–water partition coefficient (Wildman–Crippen LogP) is 5.83. The van der Waals surface area contributed by atoms with E-state index in [1.807, 2.05) is 6.20 Å². The van der Waals surface area contributed by atoms with Gasteiger partial charge in [0.2, 0.25) is 0 Å². The van der Waals surface area contributed by atoms with Gasteiger partial charge in [0.25, 0.3) is 0 Å². The highest BCUT2D eigenvalue weighted by atomic mass is 32.1. The van der Waals surface area contributed by atoms with Crippen LogP contribution in [0.15, 0.2) is 41.9 Å². The highest BCUT2D eigenvalue weighted by molar-refractivity contribution is 7.13. The SMILES string of the molecule is C[C@H]1OC(=O)[C@@H]2C[C@@H]3CCCC[C@H]3[C@H](/C=C/c3ccc(-c4cccs4)cn3)[C@H]12. The fourth-order valence-electron chi connectivity index (χ4n) is 5.89. The van der Waals surface area contributed by atoms with E-state index in [-0.39, 0.29) is 18.0 Å². The summed E-state index contributed by atoms with van der Waals surface area (Å²) >= 11 is 1.74. The van der Waals surface area contributed by atoms with Crippen LogP contribution >= 0.6 is 11.3 Å². The standard InChI is InChI=1S/C24H27NO2S/c1-15-23-20(19-6-3-2-5-16(19)13-21(23)24(26)27-15)11-10-18-9-8-17(14-25-18)22-7-4-12-28-22/h4,7-12,14-16,19-21,23H,2-3,5-6,13H2,1H3/b11-10+/t15-,16+,19-,20+,21-,23+/m1/s1. The molecule has 1 aliphatic heterocycles. The van der Waals surface area contributed by atoms with Crippen LogP contribution in [0.5, 0.6) is 0 Å². The number of carbonyl (C=O) groups is 1. The normalized spacial score (nSPS) is 34.8. The molecule has 6 atom stereocenters. The van der Waals surface area contributed by atoms with E-state index in [1.165, 1.54) is 36.1 Å². The zero-order chi connectivity index (χ0) is 19.1. The third kappa shape index (κ3) is 3.22. The summed E-state index contributed by atoms with van der Waals surface area (Å²) in [5.41, 5.74) is 2.16. The molecule has 0 unspecified atom stereocenters. The molecule has 0 amide bonds. The number of nitrogens with zero attached hydrogens (tertiary/aromatic N) is 1. The minimum atomic E-state index is 0.0317. The molecule has 3 fully saturated rings. The van der Waals surface area contributed by atoms with Crippen LogP contribution in [-0.2, 0) is 9.53 Å². The number of hydrogen-bond acceptors (Lipinski definition) is 4. The Labute approximate surface area is 170 Å². The zero-order valence-corrected chi connectivity index (χ0v) is 17.1. The lowest BCUT2D eigenvalue weighted by Gasteiger charge is -2.45. The molecular formula is C24H27NO2S. The van der Waals surface area contributed by atoms with Gasteiger partial charge in [-0.1, -0.05) is 31.4 Å². The van der Waals surface area contributed by atoms with Crippen molar-refractivity contribution in [3.8, 4) is 10.4 Å². The van der Waals surface area contributed by atoms with Crippen LogP contribution < -0.4 is 0 Å². The second-order valence-electron chi connectivity index (χ2n) is 8.66. The molecular weight excluding hydrogens is 366 g/mol. The molecule has 2 saturated carbocycles. The van der Waals surface area contributed by atoms with Gasteiger partial charge in [0.05, 0.1) is 11.6 Å². The molecule has 4 heteroatoms. The Morgan fingerprint density at radius 3 is 2.89 bits per heavy atom. The second-order valence-corrected chi connectivity index (χ2v) is 9.60. The molecule has 0 spiro atoms. The number of thiophene rings is 1. The monoisotopic (exact) mass is 393 g/mol. The Morgan fingerprint density at radius 1 is 1.21 bits per heavy atom. The van der Waals surface area contributed by atoms with Crippen LogP contribution in [-0.4, -0.2) is 17.1 Å². The number of hydrogen-bond donors (Lipinski definition) is 0. The fourth-order valence-corrected chi connectivity index (χ4v) is 6.61. The summed E-state index contributed by atoms with van der Waals surface area (Å²) in [5.74, 6) is 2.25. The van der Waals surface area contributed by atoms with E-state index >= 15 is 0 Å². The van der Waals surface area contributed by atoms with Crippen LogP contribution in [0.4, 0.5) is 0 Å². The van der Waals surface area contributed by atoms with E-state index in [9.17, 15) is 4.79 Å². The molecule has 3 aliphatic rings. The number of fused-ring (bicyclic) bond motifs is 2. The summed E-state index contributed by atoms with van der Waals surface area (Å²) in [7, 11) is 0. The topological polar surface area (TPSA) is 39.2 Å². The summed E-state index contributed by atoms with van der Waals surface area (Å²) in [6.45, 7) is 2.08. The minimum absolute atomic E-state index is 0.0317. The number of cyclic esters (lactones) is 1. The lowest BCUT2D eigenvalue weighted by molar-refractivity contribution is -0.144. The smallest absolute Gasteiger partial charge is 0.309 e. The van der Waals surface area contributed by atoms with Gasteiger partial charge in [0.15, 0.2) is 0 Å². The Balaban J connectivity index is 1.40. The van der Waals surface area contributed by atoms with Gasteiger partial charge in [-0.2, -0.15) is 0 Å². The Hall–Kier alpha value is -1.94. The first-order valence-corrected chi connectivity index (χ1v) is 11.5. The molecule has 0 bridgehead atoms. The number of allylic oxidation sites excluding steroid dienone is 1. The molecule has 28 heavy (non-hydrogen) atoms. The van der Waals surface area contributed by atoms with Crippen molar-refractivity contribution in [3.05, 3.63) is 47.6 Å². The molecule has 3 nitrogen and oxygen atoms in total. The maximum absolute atomic E-state index is 12.4. The molecule has 2 aromatic rings. The van der Waals surface area contributed by atoms with Crippen LogP contribution in [0.25, 0.3) is 16.5 Å². The average Bonchev–Trinajstić information content (AvgIpc) is 3.35. The van der Waals surface area contributed by atoms with E-state index in [0.717, 1.165) is 12.1 Å². The van der Waals surface area contributed by atoms with E-state index in [2.05, 4.69) is 53.7 Å². The van der Waals surface area contributed by atoms with Gasteiger partial charge in [0, 0.05) is 22.6 Å². The van der Waals surface area contributed by atoms with Gasteiger partial charge < -0.3 is 4.74 Å². The van der Waals surface area contributed by atoms with Crippen molar-refractivity contribution in [1.82, 2.24) is 4.98 Å². The van der Waals surface area contributed by atoms with Gasteiger partial charge >= 0.3 is 5.97 Å². The molecule has 0 N–H and O–H groups in total. The maximum atomic E-state index is 12.4. The molecule has 146 valence electrons. The summed E-state index contributed by atoms with van der Waals surface area (Å²) in [4.78, 5) is 18.3. The van der Waals surface area contributed by atoms with E-state index < -0.39 is 0 Å². The van der Waals surface area contributed by atoms with E-state index in [4.69, 9.17) is 4.74 Å². The molecule has 5 rings (SSSR count). The van der Waals surface area contributed by atoms with Gasteiger partial charge in [-0.3, -0.25) is 9.78 Å². The molecule has 0 radical (unpaired) electrons. The van der Waals surface area contributed by atoms with Crippen molar-refractivity contribution in [1.29, 1.82) is 0 Å². The van der Waals surface area contributed by atoms with Crippen LogP contribution in [0.3, 0.4) is 0 Å². The van der Waals surface area contributed by atoms with Crippen molar-refractivity contribution in [2.24, 2.45) is 29.6 Å². The Kier molecular flexibility index (Phi) is 4.83. The molecule has 1 saturated heterocycles. The quantitative estimate of drug-likeness (QED) is 0.616. The minimum Gasteiger partial charge on any atom is -0.462 e. The van der Waals surface area contributed by atoms with Crippen molar-refractivity contribution in [2.45, 2.75) is 45.1 Å². The van der Waals surface area contributed by atoms with Crippen molar-refractivity contribution in [3.63, 3.8) is 0 Å². The van der Waals surface area contributed by atoms with Gasteiger partial charge in [0.1, 0.15) is 6.10 Å². The molecule has 3 heterocycles. The van der Waals surface area contributed by atoms with Gasteiger partial charge in [-0.15, -0.1) is 11.3 Å². The van der Waals surface area contributed by atoms with Crippen molar-refractivity contribution in [2.75, 3.05) is 0 Å². The first-order valence-electron chi connectivity index (χ1n) is 10.6. The molecule has 0 aromatic carbocycles. The Morgan fingerprint density at radius 2 is 2.11 bits per heavy atom. The summed E-state index contributed by atoms with van der Waals surface area (Å²) in [6, 6.07) is 8.45. The largest absolute Gasteiger partial charge is 0.462 e. The van der Waals surface area contributed by atoms with Crippen LogP contribution in [0, 0.1) is 29.6 Å². The van der Waals surface area contributed by atoms with Crippen molar-refractivity contribution >= 4 is 23.4 Å². The summed E-state index contributed by atoms with van der Waals surface area (Å²) in [6.07, 6.45) is 12.7. The van der Waals surface area contributed by atoms with Gasteiger partial charge in [-0.25, -0.2) is 0 Å². The number of ether oxygens (including phenoxy) is 1. The Bertz CT molecular complexity index is 857. The number of pyridine rings is 1. The van der Waals surface area contributed by atoms with Crippen LogP contribution in [0.1, 0.15) is 44.7 Å². The lowest BCUT2D eigenvalue weighted by atomic mass is 9.57. The molecule has 2 aromatic heterocycles. The highest BCUT2D eigenvalue weighted by Gasteiger charge is 2.53. The third-order valence-corrected chi connectivity index (χ3v) is 8.08.